The van der Waals surface area contributed by atoms with Gasteiger partial charge in [0.2, 0.25) is 0 Å². The summed E-state index contributed by atoms with van der Waals surface area (Å²) in [4.78, 5) is 4.53. The summed E-state index contributed by atoms with van der Waals surface area (Å²) in [5, 5.41) is 0. The van der Waals surface area contributed by atoms with Crippen LogP contribution in [0.5, 0.6) is 11.5 Å². The summed E-state index contributed by atoms with van der Waals surface area (Å²) in [5.74, 6) is 1.58. The van der Waals surface area contributed by atoms with E-state index < -0.39 is 0 Å². The topological polar surface area (TPSA) is 43.4 Å². The van der Waals surface area contributed by atoms with Crippen LogP contribution in [0, 0.1) is 27.4 Å². The van der Waals surface area contributed by atoms with Gasteiger partial charge in [-0.25, -0.2) is 0 Å². The van der Waals surface area contributed by atoms with E-state index in [2.05, 4.69) is 68.3 Å². The molecule has 1 fully saturated rings. The average molecular weight is 626 g/mol. The Morgan fingerprint density at radius 2 is 1.28 bits per heavy atom. The number of para-hydroxylation sites is 1. The van der Waals surface area contributed by atoms with Crippen LogP contribution in [0.1, 0.15) is 16.7 Å². The number of rotatable bonds is 10. The first kappa shape index (κ1) is 32.3. The SMILES string of the molecule is C=C=C.COCCOc1cccc(OCCOC)c1N1[CH-]N(c2c(C)cc(C)cc2C)CC1.[Cl][Ru][Cl]. The number of benzene rings is 2. The van der Waals surface area contributed by atoms with Gasteiger partial charge in [-0.15, -0.1) is 5.73 Å². The van der Waals surface area contributed by atoms with Gasteiger partial charge in [0.15, 0.2) is 0 Å². The zero-order chi connectivity index (χ0) is 26.9. The van der Waals surface area contributed by atoms with E-state index in [0.29, 0.717) is 26.4 Å². The molecule has 0 N–H and O–H groups in total. The normalized spacial score (nSPS) is 12.3. The van der Waals surface area contributed by atoms with Crippen LogP contribution in [0.4, 0.5) is 11.4 Å². The molecule has 9 heteroatoms. The Kier molecular flexibility index (Phi) is 16.6. The Labute approximate surface area is 232 Å². The van der Waals surface area contributed by atoms with Crippen LogP contribution in [0.25, 0.3) is 0 Å². The zero-order valence-electron chi connectivity index (χ0n) is 21.8. The van der Waals surface area contributed by atoms with Gasteiger partial charge in [-0.3, -0.25) is 0 Å². The fourth-order valence-electron chi connectivity index (χ4n) is 3.95. The van der Waals surface area contributed by atoms with Gasteiger partial charge in [0.1, 0.15) is 24.7 Å². The van der Waals surface area contributed by atoms with Crippen molar-refractivity contribution < 1.29 is 34.1 Å². The van der Waals surface area contributed by atoms with Crippen molar-refractivity contribution in [3.63, 3.8) is 0 Å². The number of aryl methyl sites for hydroxylation is 3. The van der Waals surface area contributed by atoms with Crippen LogP contribution in [0.2, 0.25) is 0 Å². The second-order valence-corrected chi connectivity index (χ2v) is 10.5. The summed E-state index contributed by atoms with van der Waals surface area (Å²) in [6.45, 7) is 18.7. The molecule has 1 saturated heterocycles. The van der Waals surface area contributed by atoms with Gasteiger partial charge in [0, 0.05) is 33.0 Å². The van der Waals surface area contributed by atoms with Crippen molar-refractivity contribution in [2.24, 2.45) is 0 Å². The molecule has 202 valence electrons. The molecule has 3 rings (SSSR count). The van der Waals surface area contributed by atoms with Crippen molar-refractivity contribution in [3.05, 3.63) is 72.6 Å². The molecule has 2 aromatic carbocycles. The monoisotopic (exact) mass is 625 g/mol. The van der Waals surface area contributed by atoms with Crippen LogP contribution in [0.3, 0.4) is 0 Å². The van der Waals surface area contributed by atoms with Crippen LogP contribution in [-0.4, -0.2) is 53.7 Å². The Bertz CT molecular complexity index is 904. The van der Waals surface area contributed by atoms with Gasteiger partial charge in [-0.05, 0) is 44.0 Å². The van der Waals surface area contributed by atoms with Gasteiger partial charge in [0.05, 0.1) is 18.9 Å². The molecule has 0 aromatic heterocycles. The molecular formula is C27H37Cl2N2O4Ru-. The van der Waals surface area contributed by atoms with Crippen molar-refractivity contribution >= 4 is 30.8 Å². The molecule has 0 aliphatic carbocycles. The molecule has 36 heavy (non-hydrogen) atoms. The van der Waals surface area contributed by atoms with Gasteiger partial charge in [0.25, 0.3) is 0 Å². The molecule has 0 radical (unpaired) electrons. The third-order valence-corrected chi connectivity index (χ3v) is 5.12. The van der Waals surface area contributed by atoms with Crippen molar-refractivity contribution in [1.29, 1.82) is 0 Å². The van der Waals surface area contributed by atoms with Crippen molar-refractivity contribution in [2.75, 3.05) is 63.5 Å². The molecule has 0 amide bonds. The van der Waals surface area contributed by atoms with Crippen molar-refractivity contribution in [2.45, 2.75) is 20.8 Å². The fraction of sp³-hybridized carbons (Fsp3) is 0.407. The quantitative estimate of drug-likeness (QED) is 0.131. The summed E-state index contributed by atoms with van der Waals surface area (Å²) < 4.78 is 22.3. The van der Waals surface area contributed by atoms with Crippen LogP contribution in [0.15, 0.2) is 49.2 Å². The van der Waals surface area contributed by atoms with E-state index in [1.165, 1.54) is 22.4 Å². The van der Waals surface area contributed by atoms with E-state index in [-0.39, 0.29) is 15.1 Å². The van der Waals surface area contributed by atoms with Crippen molar-refractivity contribution in [3.8, 4) is 11.5 Å². The number of halogens is 2. The van der Waals surface area contributed by atoms with Gasteiger partial charge in [-0.2, -0.15) is 6.67 Å². The van der Waals surface area contributed by atoms with E-state index in [0.717, 1.165) is 30.3 Å². The third kappa shape index (κ3) is 10.3. The Morgan fingerprint density at radius 1 is 0.861 bits per heavy atom. The third-order valence-electron chi connectivity index (χ3n) is 5.12. The fourth-order valence-corrected chi connectivity index (χ4v) is 3.95. The second-order valence-electron chi connectivity index (χ2n) is 7.84. The summed E-state index contributed by atoms with van der Waals surface area (Å²) in [6.07, 6.45) is 0. The number of methoxy groups -OCH3 is 2. The number of nitrogens with zero attached hydrogens (tertiary/aromatic N) is 2. The van der Waals surface area contributed by atoms with E-state index in [9.17, 15) is 0 Å². The first-order valence-corrected chi connectivity index (χ1v) is 15.8. The van der Waals surface area contributed by atoms with Gasteiger partial charge < -0.3 is 28.7 Å². The number of hydrogen-bond acceptors (Lipinski definition) is 6. The Balaban J connectivity index is 0.000000982. The van der Waals surface area contributed by atoms with Gasteiger partial charge in [-0.1, -0.05) is 36.9 Å². The second kappa shape index (κ2) is 18.5. The molecule has 1 aliphatic rings. The number of ether oxygens (including phenoxy) is 4. The molecule has 0 saturated carbocycles. The predicted molar refractivity (Wildman–Crippen MR) is 147 cm³/mol. The van der Waals surface area contributed by atoms with E-state index >= 15 is 0 Å². The van der Waals surface area contributed by atoms with E-state index in [4.69, 9.17) is 38.3 Å². The minimum absolute atomic E-state index is 0.346. The van der Waals surface area contributed by atoms with E-state index in [1.807, 2.05) is 18.2 Å². The minimum atomic E-state index is -0.346. The molecule has 1 heterocycles. The average Bonchev–Trinajstić information content (AvgIpc) is 3.29. The Morgan fingerprint density at radius 3 is 1.69 bits per heavy atom. The molecule has 1 aliphatic heterocycles. The Hall–Kier alpha value is -1.72. The zero-order valence-corrected chi connectivity index (χ0v) is 25.0. The first-order chi connectivity index (χ1) is 17.4. The summed E-state index contributed by atoms with van der Waals surface area (Å²) in [5.41, 5.74) is 8.31. The molecule has 0 atom stereocenters. The van der Waals surface area contributed by atoms with Crippen molar-refractivity contribution in [1.82, 2.24) is 0 Å². The first-order valence-electron chi connectivity index (χ1n) is 11.3. The van der Waals surface area contributed by atoms with Gasteiger partial charge >= 0.3 is 34.5 Å². The predicted octanol–water partition coefficient (Wildman–Crippen LogP) is 6.44. The number of anilines is 2. The molecule has 0 unspecified atom stereocenters. The maximum atomic E-state index is 6.02. The number of hydrogen-bond donors (Lipinski definition) is 0. The van der Waals surface area contributed by atoms with Crippen LogP contribution < -0.4 is 19.3 Å². The maximum absolute atomic E-state index is 6.02. The van der Waals surface area contributed by atoms with Crippen LogP contribution >= 0.6 is 19.4 Å². The van der Waals surface area contributed by atoms with E-state index in [1.54, 1.807) is 14.2 Å². The molecule has 0 spiro atoms. The molecule has 0 bridgehead atoms. The van der Waals surface area contributed by atoms with Crippen LogP contribution in [-0.2, 0) is 24.6 Å². The standard InChI is InChI=1S/C24H33N2O4.C3H4.2ClH.Ru/c1-18-15-19(2)23(20(3)16-18)25-9-10-26(17-25)24-21(29-13-11-27-4)7-6-8-22(24)30-14-12-28-5;1-3-2;;;/h6-8,15-17H,9-14H2,1-5H3;1-2H2;2*1H;/q-1;;;;+2/p-2. The summed E-state index contributed by atoms with van der Waals surface area (Å²) in [7, 11) is 13.1. The summed E-state index contributed by atoms with van der Waals surface area (Å²) in [6, 6.07) is 10.4. The summed E-state index contributed by atoms with van der Waals surface area (Å²) >= 11 is -0.346. The molecule has 6 nitrogen and oxygen atoms in total. The molecular weight excluding hydrogens is 588 g/mol. The molecule has 2 aromatic rings.